The Kier molecular flexibility index (Phi) is 4.32. The van der Waals surface area contributed by atoms with Crippen molar-refractivity contribution in [3.63, 3.8) is 0 Å². The minimum Gasteiger partial charge on any atom is -0.388 e. The lowest BCUT2D eigenvalue weighted by molar-refractivity contribution is -0.0567. The maximum absolute atomic E-state index is 10.7. The largest absolute Gasteiger partial charge is 0.388 e. The third-order valence-corrected chi connectivity index (χ3v) is 3.91. The molecule has 5 N–H and O–H groups in total. The molecule has 0 radical (unpaired) electrons. The number of hydrogen-bond donors (Lipinski definition) is 4. The van der Waals surface area contributed by atoms with Crippen LogP contribution in [0, 0.1) is 0 Å². The molecule has 2 aromatic heterocycles. The smallest absolute Gasteiger partial charge is 0.350 e. The summed E-state index contributed by atoms with van der Waals surface area (Å²) in [7, 11) is -4.23. The number of fused-ring (bicyclic) bond motifs is 1. The van der Waals surface area contributed by atoms with Crippen molar-refractivity contribution in [1.82, 2.24) is 19.5 Å². The Bertz CT molecular complexity index is 748. The summed E-state index contributed by atoms with van der Waals surface area (Å²) in [6.07, 6.45) is 0.223. The van der Waals surface area contributed by atoms with E-state index in [0.29, 0.717) is 11.2 Å². The van der Waals surface area contributed by atoms with Crippen molar-refractivity contribution >= 4 is 24.6 Å². The lowest BCUT2D eigenvalue weighted by Gasteiger charge is -2.17. The number of ether oxygens (including phenoxy) is 2. The van der Waals surface area contributed by atoms with E-state index in [1.807, 2.05) is 0 Å². The van der Waals surface area contributed by atoms with E-state index in [1.165, 1.54) is 12.7 Å². The minimum atomic E-state index is -4.23. The van der Waals surface area contributed by atoms with Gasteiger partial charge in [0.1, 0.15) is 24.3 Å². The van der Waals surface area contributed by atoms with Crippen molar-refractivity contribution < 1.29 is 28.9 Å². The highest BCUT2D eigenvalue weighted by Crippen LogP contribution is 2.35. The molecule has 11 nitrogen and oxygen atoms in total. The van der Waals surface area contributed by atoms with Crippen LogP contribution in [0.15, 0.2) is 12.7 Å². The number of hydrogen-bond acceptors (Lipinski definition) is 8. The third kappa shape index (κ3) is 3.50. The van der Waals surface area contributed by atoms with Crippen LogP contribution < -0.4 is 5.73 Å². The van der Waals surface area contributed by atoms with Crippen LogP contribution in [-0.2, 0) is 14.0 Å². The summed E-state index contributed by atoms with van der Waals surface area (Å²) in [5.74, 6) is 0.225. The zero-order valence-electron chi connectivity index (χ0n) is 11.9. The van der Waals surface area contributed by atoms with Crippen molar-refractivity contribution in [2.75, 3.05) is 18.7 Å². The summed E-state index contributed by atoms with van der Waals surface area (Å²) in [5, 5.41) is 10.2. The molecule has 0 saturated carbocycles. The number of anilines is 1. The van der Waals surface area contributed by atoms with Crippen LogP contribution in [0.5, 0.6) is 0 Å². The average Bonchev–Trinajstić information content (AvgIpc) is 3.02. The summed E-state index contributed by atoms with van der Waals surface area (Å²) in [6, 6.07) is 0. The van der Waals surface area contributed by atoms with Gasteiger partial charge in [0.15, 0.2) is 17.7 Å². The molecule has 23 heavy (non-hydrogen) atoms. The first kappa shape index (κ1) is 16.2. The topological polar surface area (TPSA) is 166 Å². The number of nitrogens with two attached hydrogens (primary N) is 1. The number of aromatic nitrogens is 4. The third-order valence-electron chi connectivity index (χ3n) is 3.39. The highest BCUT2D eigenvalue weighted by molar-refractivity contribution is 7.51. The zero-order valence-corrected chi connectivity index (χ0v) is 12.8. The fourth-order valence-electron chi connectivity index (χ4n) is 2.45. The van der Waals surface area contributed by atoms with Gasteiger partial charge in [-0.2, -0.15) is 0 Å². The van der Waals surface area contributed by atoms with Crippen molar-refractivity contribution in [3.05, 3.63) is 12.7 Å². The first-order valence-electron chi connectivity index (χ1n) is 6.74. The molecule has 0 unspecified atom stereocenters. The molecular formula is C11H16N5O6P. The SMILES string of the molecule is Nc1ncnc2c1ncn2[C@@H]1O[C@H](COCP(=O)(O)O)C[C@@H]1O. The Labute approximate surface area is 130 Å². The Balaban J connectivity index is 1.71. The highest BCUT2D eigenvalue weighted by atomic mass is 31.2. The van der Waals surface area contributed by atoms with Crippen molar-refractivity contribution in [3.8, 4) is 0 Å². The number of nitrogen functional groups attached to an aromatic ring is 1. The Morgan fingerprint density at radius 3 is 2.96 bits per heavy atom. The minimum absolute atomic E-state index is 0.0393. The summed E-state index contributed by atoms with van der Waals surface area (Å²) in [6.45, 7) is -0.0393. The highest BCUT2D eigenvalue weighted by Gasteiger charge is 2.36. The van der Waals surface area contributed by atoms with E-state index in [9.17, 15) is 9.67 Å². The van der Waals surface area contributed by atoms with E-state index < -0.39 is 32.4 Å². The molecule has 3 rings (SSSR count). The Hall–Kier alpha value is -1.62. The van der Waals surface area contributed by atoms with E-state index in [2.05, 4.69) is 15.0 Å². The van der Waals surface area contributed by atoms with Gasteiger partial charge >= 0.3 is 7.60 Å². The maximum Gasteiger partial charge on any atom is 0.350 e. The molecule has 1 aliphatic heterocycles. The molecule has 0 aliphatic carbocycles. The van der Waals surface area contributed by atoms with Gasteiger partial charge in [-0.25, -0.2) is 15.0 Å². The van der Waals surface area contributed by atoms with Crippen molar-refractivity contribution in [2.24, 2.45) is 0 Å². The second kappa shape index (κ2) is 6.11. The van der Waals surface area contributed by atoms with Crippen LogP contribution in [0.25, 0.3) is 11.2 Å². The van der Waals surface area contributed by atoms with E-state index in [0.717, 1.165) is 0 Å². The molecule has 3 heterocycles. The second-order valence-corrected chi connectivity index (χ2v) is 6.79. The van der Waals surface area contributed by atoms with Gasteiger partial charge in [-0.05, 0) is 0 Å². The van der Waals surface area contributed by atoms with Crippen LogP contribution in [0.3, 0.4) is 0 Å². The molecule has 126 valence electrons. The zero-order chi connectivity index (χ0) is 16.6. The van der Waals surface area contributed by atoms with E-state index >= 15 is 0 Å². The number of nitrogens with zero attached hydrogens (tertiary/aromatic N) is 4. The summed E-state index contributed by atoms with van der Waals surface area (Å²) in [4.78, 5) is 29.5. The number of rotatable bonds is 5. The average molecular weight is 345 g/mol. The van der Waals surface area contributed by atoms with E-state index in [1.54, 1.807) is 4.57 Å². The van der Waals surface area contributed by atoms with Crippen molar-refractivity contribution in [2.45, 2.75) is 24.9 Å². The molecule has 0 spiro atoms. The maximum atomic E-state index is 10.7. The lowest BCUT2D eigenvalue weighted by Crippen LogP contribution is -2.19. The summed E-state index contributed by atoms with van der Waals surface area (Å²) >= 11 is 0. The standard InChI is InChI=1S/C11H16N5O6P/c12-9-8-10(14-3-13-9)16(4-15-8)11-7(17)1-6(22-11)2-21-5-23(18,19)20/h3-4,6-7,11,17H,1-2,5H2,(H2,12,13,14)(H2,18,19,20)/t6-,7-,11+/m0/s1. The Morgan fingerprint density at radius 1 is 1.43 bits per heavy atom. The Morgan fingerprint density at radius 2 is 2.22 bits per heavy atom. The van der Waals surface area contributed by atoms with Gasteiger partial charge in [0, 0.05) is 6.42 Å². The van der Waals surface area contributed by atoms with Crippen molar-refractivity contribution in [1.29, 1.82) is 0 Å². The molecule has 0 aromatic carbocycles. The van der Waals surface area contributed by atoms with Gasteiger partial charge in [0.25, 0.3) is 0 Å². The van der Waals surface area contributed by atoms with Crippen LogP contribution in [-0.4, -0.2) is 59.6 Å². The van der Waals surface area contributed by atoms with Gasteiger partial charge in [-0.1, -0.05) is 0 Å². The molecule has 0 bridgehead atoms. The predicted octanol–water partition coefficient (Wildman–Crippen LogP) is -0.791. The van der Waals surface area contributed by atoms with Crippen LogP contribution in [0.1, 0.15) is 12.6 Å². The first-order valence-corrected chi connectivity index (χ1v) is 8.54. The molecule has 1 saturated heterocycles. The van der Waals surface area contributed by atoms with Gasteiger partial charge < -0.3 is 30.1 Å². The summed E-state index contributed by atoms with van der Waals surface area (Å²) in [5.41, 5.74) is 6.55. The van der Waals surface area contributed by atoms with Gasteiger partial charge in [0.05, 0.1) is 19.0 Å². The number of aliphatic hydroxyl groups excluding tert-OH is 1. The van der Waals surface area contributed by atoms with Crippen LogP contribution >= 0.6 is 7.60 Å². The molecular weight excluding hydrogens is 329 g/mol. The van der Waals surface area contributed by atoms with Crippen LogP contribution in [0.2, 0.25) is 0 Å². The van der Waals surface area contributed by atoms with Gasteiger partial charge in [-0.3, -0.25) is 9.13 Å². The fraction of sp³-hybridized carbons (Fsp3) is 0.545. The summed E-state index contributed by atoms with van der Waals surface area (Å²) < 4.78 is 22.9. The fourth-order valence-corrected chi connectivity index (χ4v) is 2.79. The van der Waals surface area contributed by atoms with Gasteiger partial charge in [-0.15, -0.1) is 0 Å². The quantitative estimate of drug-likeness (QED) is 0.504. The molecule has 1 fully saturated rings. The lowest BCUT2D eigenvalue weighted by atomic mass is 10.2. The second-order valence-electron chi connectivity index (χ2n) is 5.20. The molecule has 3 atom stereocenters. The number of aliphatic hydroxyl groups is 1. The number of imidazole rings is 1. The van der Waals surface area contributed by atoms with E-state index in [4.69, 9.17) is 25.0 Å². The molecule has 1 aliphatic rings. The van der Waals surface area contributed by atoms with Crippen LogP contribution in [0.4, 0.5) is 5.82 Å². The first-order chi connectivity index (χ1) is 10.8. The monoisotopic (exact) mass is 345 g/mol. The normalized spacial score (nSPS) is 25.3. The predicted molar refractivity (Wildman–Crippen MR) is 77.1 cm³/mol. The molecule has 2 aromatic rings. The van der Waals surface area contributed by atoms with E-state index in [-0.39, 0.29) is 18.8 Å². The van der Waals surface area contributed by atoms with Gasteiger partial charge in [0.2, 0.25) is 0 Å². The molecule has 12 heteroatoms. The molecule has 0 amide bonds.